The van der Waals surface area contributed by atoms with Gasteiger partial charge in [0.25, 0.3) is 0 Å². The van der Waals surface area contributed by atoms with Crippen LogP contribution in [0.1, 0.15) is 11.1 Å². The minimum Gasteiger partial charge on any atom is -0.493 e. The molecule has 2 aromatic carbocycles. The Morgan fingerprint density at radius 2 is 2.04 bits per heavy atom. The molecule has 0 fully saturated rings. The Labute approximate surface area is 155 Å². The first kappa shape index (κ1) is 19.0. The third kappa shape index (κ3) is 5.92. The summed E-state index contributed by atoms with van der Waals surface area (Å²) >= 11 is 3.49. The monoisotopic (exact) mass is 405 g/mol. The van der Waals surface area contributed by atoms with Crippen LogP contribution in [0.4, 0.5) is 0 Å². The number of hydrogen-bond acceptors (Lipinski definition) is 4. The number of carbonyl (C=O) groups excluding carboxylic acids is 1. The van der Waals surface area contributed by atoms with Crippen LogP contribution in [0.15, 0.2) is 53.0 Å². The van der Waals surface area contributed by atoms with Gasteiger partial charge in [0.05, 0.1) is 18.2 Å². The number of amides is 1. The summed E-state index contributed by atoms with van der Waals surface area (Å²) in [4.78, 5) is 11.6. The minimum atomic E-state index is -0.270. The molecular formula is C19H20BrNO4. The Morgan fingerprint density at radius 1 is 1.28 bits per heavy atom. The van der Waals surface area contributed by atoms with Gasteiger partial charge in [-0.15, -0.1) is 0 Å². The summed E-state index contributed by atoms with van der Waals surface area (Å²) in [6.07, 6.45) is 3.07. The molecule has 25 heavy (non-hydrogen) atoms. The molecule has 0 saturated carbocycles. The van der Waals surface area contributed by atoms with E-state index in [0.29, 0.717) is 18.1 Å². The van der Waals surface area contributed by atoms with Crippen LogP contribution in [-0.2, 0) is 11.4 Å². The Bertz CT molecular complexity index is 732. The molecule has 0 aliphatic rings. The first-order chi connectivity index (χ1) is 12.1. The predicted octanol–water partition coefficient (Wildman–Crippen LogP) is 3.16. The molecule has 0 aromatic heterocycles. The van der Waals surface area contributed by atoms with Gasteiger partial charge in [-0.25, -0.2) is 0 Å². The number of halogens is 1. The molecule has 0 bridgehead atoms. The van der Waals surface area contributed by atoms with Crippen molar-refractivity contribution >= 4 is 27.9 Å². The summed E-state index contributed by atoms with van der Waals surface area (Å²) in [6, 6.07) is 13.5. The number of nitrogens with one attached hydrogen (secondary N) is 1. The highest BCUT2D eigenvalue weighted by atomic mass is 79.9. The number of ether oxygens (including phenoxy) is 2. The fraction of sp³-hybridized carbons (Fsp3) is 0.211. The third-order valence-electron chi connectivity index (χ3n) is 3.32. The van der Waals surface area contributed by atoms with E-state index in [4.69, 9.17) is 14.6 Å². The normalized spacial score (nSPS) is 10.7. The van der Waals surface area contributed by atoms with Crippen LogP contribution in [0.5, 0.6) is 11.5 Å². The zero-order chi connectivity index (χ0) is 18.1. The van der Waals surface area contributed by atoms with Crippen molar-refractivity contribution in [2.75, 3.05) is 20.3 Å². The summed E-state index contributed by atoms with van der Waals surface area (Å²) in [7, 11) is 1.57. The lowest BCUT2D eigenvalue weighted by atomic mass is 10.2. The molecule has 6 heteroatoms. The maximum atomic E-state index is 11.6. The molecule has 2 rings (SSSR count). The van der Waals surface area contributed by atoms with Crippen molar-refractivity contribution in [3.05, 3.63) is 64.1 Å². The van der Waals surface area contributed by atoms with Gasteiger partial charge in [-0.3, -0.25) is 4.79 Å². The largest absolute Gasteiger partial charge is 0.493 e. The van der Waals surface area contributed by atoms with Crippen LogP contribution >= 0.6 is 15.9 Å². The summed E-state index contributed by atoms with van der Waals surface area (Å²) < 4.78 is 12.0. The Kier molecular flexibility index (Phi) is 7.50. The van der Waals surface area contributed by atoms with E-state index >= 15 is 0 Å². The third-order valence-corrected chi connectivity index (χ3v) is 3.91. The molecule has 0 aliphatic heterocycles. The van der Waals surface area contributed by atoms with E-state index < -0.39 is 0 Å². The average Bonchev–Trinajstić information content (AvgIpc) is 2.64. The molecule has 0 radical (unpaired) electrons. The predicted molar refractivity (Wildman–Crippen MR) is 101 cm³/mol. The second-order valence-electron chi connectivity index (χ2n) is 5.16. The fourth-order valence-electron chi connectivity index (χ4n) is 2.12. The maximum absolute atomic E-state index is 11.6. The number of hydrogen-bond donors (Lipinski definition) is 2. The first-order valence-electron chi connectivity index (χ1n) is 7.75. The summed E-state index contributed by atoms with van der Waals surface area (Å²) in [5.74, 6) is 0.905. The Balaban J connectivity index is 2.11. The van der Waals surface area contributed by atoms with E-state index in [1.54, 1.807) is 19.3 Å². The molecule has 0 heterocycles. The number of rotatable bonds is 8. The molecule has 132 valence electrons. The van der Waals surface area contributed by atoms with Crippen LogP contribution in [0.3, 0.4) is 0 Å². The highest BCUT2D eigenvalue weighted by molar-refractivity contribution is 9.10. The fourth-order valence-corrected chi connectivity index (χ4v) is 2.69. The van der Waals surface area contributed by atoms with Gasteiger partial charge in [0.15, 0.2) is 11.5 Å². The standard InChI is InChI=1S/C19H20BrNO4/c1-24-17-12-15(7-8-18(23)21-9-10-22)11-16(20)19(17)25-13-14-5-3-2-4-6-14/h2-8,11-12,22H,9-10,13H2,1H3,(H,21,23)/b8-7+. The molecule has 0 unspecified atom stereocenters. The van der Waals surface area contributed by atoms with Gasteiger partial charge in [-0.1, -0.05) is 30.3 Å². The number of methoxy groups -OCH3 is 1. The van der Waals surface area contributed by atoms with Crippen LogP contribution in [-0.4, -0.2) is 31.3 Å². The topological polar surface area (TPSA) is 67.8 Å². The van der Waals surface area contributed by atoms with Gasteiger partial charge in [0.1, 0.15) is 6.61 Å². The number of benzene rings is 2. The van der Waals surface area contributed by atoms with E-state index in [1.165, 1.54) is 6.08 Å². The number of carbonyl (C=O) groups is 1. The highest BCUT2D eigenvalue weighted by Gasteiger charge is 2.11. The smallest absolute Gasteiger partial charge is 0.244 e. The Hall–Kier alpha value is -2.31. The second kappa shape index (κ2) is 9.86. The average molecular weight is 406 g/mol. The minimum absolute atomic E-state index is 0.0909. The molecule has 0 atom stereocenters. The molecule has 0 spiro atoms. The molecule has 2 aromatic rings. The summed E-state index contributed by atoms with van der Waals surface area (Å²) in [6.45, 7) is 0.559. The van der Waals surface area contributed by atoms with Crippen LogP contribution in [0.2, 0.25) is 0 Å². The lowest BCUT2D eigenvalue weighted by Gasteiger charge is -2.13. The quantitative estimate of drug-likeness (QED) is 0.661. The first-order valence-corrected chi connectivity index (χ1v) is 8.54. The second-order valence-corrected chi connectivity index (χ2v) is 6.01. The molecule has 0 saturated heterocycles. The van der Waals surface area contributed by atoms with Crippen LogP contribution < -0.4 is 14.8 Å². The molecule has 5 nitrogen and oxygen atoms in total. The SMILES string of the molecule is COc1cc(/C=C/C(=O)NCCO)cc(Br)c1OCc1ccccc1. The van der Waals surface area contributed by atoms with Crippen molar-refractivity contribution in [2.24, 2.45) is 0 Å². The van der Waals surface area contributed by atoms with Crippen molar-refractivity contribution in [2.45, 2.75) is 6.61 Å². The van der Waals surface area contributed by atoms with Crippen molar-refractivity contribution in [3.63, 3.8) is 0 Å². The van der Waals surface area contributed by atoms with Crippen molar-refractivity contribution in [1.29, 1.82) is 0 Å². The maximum Gasteiger partial charge on any atom is 0.244 e. The number of aliphatic hydroxyl groups excluding tert-OH is 1. The van der Waals surface area contributed by atoms with E-state index in [-0.39, 0.29) is 19.1 Å². The van der Waals surface area contributed by atoms with Gasteiger partial charge >= 0.3 is 0 Å². The van der Waals surface area contributed by atoms with Gasteiger partial charge in [-0.05, 0) is 45.3 Å². The van der Waals surface area contributed by atoms with Crippen LogP contribution in [0, 0.1) is 0 Å². The lowest BCUT2D eigenvalue weighted by Crippen LogP contribution is -2.24. The lowest BCUT2D eigenvalue weighted by molar-refractivity contribution is -0.116. The van der Waals surface area contributed by atoms with Crippen molar-refractivity contribution < 1.29 is 19.4 Å². The van der Waals surface area contributed by atoms with E-state index in [1.807, 2.05) is 36.4 Å². The highest BCUT2D eigenvalue weighted by Crippen LogP contribution is 2.37. The summed E-state index contributed by atoms with van der Waals surface area (Å²) in [5.41, 5.74) is 1.84. The molecular weight excluding hydrogens is 386 g/mol. The van der Waals surface area contributed by atoms with Crippen molar-refractivity contribution in [3.8, 4) is 11.5 Å². The van der Waals surface area contributed by atoms with Gasteiger partial charge < -0.3 is 19.9 Å². The van der Waals surface area contributed by atoms with Crippen molar-refractivity contribution in [1.82, 2.24) is 5.32 Å². The van der Waals surface area contributed by atoms with E-state index in [0.717, 1.165) is 15.6 Å². The van der Waals surface area contributed by atoms with E-state index in [2.05, 4.69) is 21.2 Å². The van der Waals surface area contributed by atoms with Gasteiger partial charge in [0.2, 0.25) is 5.91 Å². The molecule has 2 N–H and O–H groups in total. The van der Waals surface area contributed by atoms with E-state index in [9.17, 15) is 4.79 Å². The Morgan fingerprint density at radius 3 is 2.72 bits per heavy atom. The number of aliphatic hydroxyl groups is 1. The molecule has 0 aliphatic carbocycles. The van der Waals surface area contributed by atoms with Crippen LogP contribution in [0.25, 0.3) is 6.08 Å². The van der Waals surface area contributed by atoms with Gasteiger partial charge in [0, 0.05) is 12.6 Å². The molecule has 1 amide bonds. The van der Waals surface area contributed by atoms with Gasteiger partial charge in [-0.2, -0.15) is 0 Å². The zero-order valence-electron chi connectivity index (χ0n) is 13.9. The zero-order valence-corrected chi connectivity index (χ0v) is 15.5. The summed E-state index contributed by atoms with van der Waals surface area (Å²) in [5, 5.41) is 11.2.